The fourth-order valence-electron chi connectivity index (χ4n) is 2.69. The summed E-state index contributed by atoms with van der Waals surface area (Å²) in [5.41, 5.74) is 0.481. The highest BCUT2D eigenvalue weighted by Gasteiger charge is 2.26. The zero-order chi connectivity index (χ0) is 19.4. The molecule has 3 rings (SSSR count). The lowest BCUT2D eigenvalue weighted by atomic mass is 10.1. The molecule has 3 aromatic rings. The molecule has 7 heteroatoms. The number of likely N-dealkylation sites (N-methyl/N-ethyl adjacent to an activating group) is 1. The maximum atomic E-state index is 12.9. The molecule has 0 fully saturated rings. The quantitative estimate of drug-likeness (QED) is 0.643. The van der Waals surface area contributed by atoms with Crippen LogP contribution in [0.2, 0.25) is 5.02 Å². The minimum atomic E-state index is -0.297. The summed E-state index contributed by atoms with van der Waals surface area (Å²) in [5, 5.41) is 10.1. The second-order valence-electron chi connectivity index (χ2n) is 5.92. The first-order valence-corrected chi connectivity index (χ1v) is 8.70. The summed E-state index contributed by atoms with van der Waals surface area (Å²) in [6, 6.07) is 12.9. The van der Waals surface area contributed by atoms with E-state index >= 15 is 0 Å². The van der Waals surface area contributed by atoms with Gasteiger partial charge >= 0.3 is 0 Å². The van der Waals surface area contributed by atoms with E-state index in [1.165, 1.54) is 4.90 Å². The van der Waals surface area contributed by atoms with E-state index < -0.39 is 0 Å². The van der Waals surface area contributed by atoms with Crippen molar-refractivity contribution in [3.05, 3.63) is 70.7 Å². The molecule has 0 aliphatic rings. The van der Waals surface area contributed by atoms with E-state index in [0.717, 1.165) is 0 Å². The van der Waals surface area contributed by atoms with E-state index in [0.29, 0.717) is 29.0 Å². The van der Waals surface area contributed by atoms with Gasteiger partial charge in [0.1, 0.15) is 35.3 Å². The Morgan fingerprint density at radius 2 is 2.00 bits per heavy atom. The molecule has 2 aromatic heterocycles. The number of nitrogens with zero attached hydrogens (tertiary/aromatic N) is 3. The zero-order valence-corrected chi connectivity index (χ0v) is 15.7. The van der Waals surface area contributed by atoms with Crippen molar-refractivity contribution in [2.45, 2.75) is 6.92 Å². The standard InChI is InChI=1S/C20H18ClN3O3/c1-14-18(15(13-22)20(27-14)24-9-5-6-10-24)19(25)23(2)11-12-26-17-8-4-3-7-16(17)21/h3-10H,11-12H2,1-2H3. The lowest BCUT2D eigenvalue weighted by Crippen LogP contribution is -2.31. The third-order valence-corrected chi connectivity index (χ3v) is 4.41. The number of hydrogen-bond donors (Lipinski definition) is 0. The van der Waals surface area contributed by atoms with Crippen LogP contribution in [0.15, 0.2) is 53.2 Å². The van der Waals surface area contributed by atoms with E-state index in [9.17, 15) is 10.1 Å². The zero-order valence-electron chi connectivity index (χ0n) is 15.0. The van der Waals surface area contributed by atoms with E-state index in [4.69, 9.17) is 20.8 Å². The number of hydrogen-bond acceptors (Lipinski definition) is 4. The smallest absolute Gasteiger partial charge is 0.258 e. The highest BCUT2D eigenvalue weighted by molar-refractivity contribution is 6.32. The normalized spacial score (nSPS) is 10.4. The van der Waals surface area contributed by atoms with Crippen molar-refractivity contribution in [2.75, 3.05) is 20.2 Å². The Hall–Kier alpha value is -3.17. The highest BCUT2D eigenvalue weighted by atomic mass is 35.5. The predicted molar refractivity (Wildman–Crippen MR) is 101 cm³/mol. The van der Waals surface area contributed by atoms with Crippen molar-refractivity contribution < 1.29 is 13.9 Å². The van der Waals surface area contributed by atoms with E-state index in [1.54, 1.807) is 43.1 Å². The van der Waals surface area contributed by atoms with Crippen LogP contribution in [-0.2, 0) is 0 Å². The van der Waals surface area contributed by atoms with Crippen molar-refractivity contribution in [3.8, 4) is 17.7 Å². The van der Waals surface area contributed by atoms with E-state index in [2.05, 4.69) is 6.07 Å². The molecule has 27 heavy (non-hydrogen) atoms. The first-order valence-electron chi connectivity index (χ1n) is 8.32. The Bertz CT molecular complexity index is 987. The number of aryl methyl sites for hydroxylation is 1. The van der Waals surface area contributed by atoms with Gasteiger partial charge in [0.2, 0.25) is 5.88 Å². The average molecular weight is 384 g/mol. The predicted octanol–water partition coefficient (Wildman–Crippen LogP) is 4.05. The van der Waals surface area contributed by atoms with Crippen LogP contribution in [0.3, 0.4) is 0 Å². The molecule has 0 N–H and O–H groups in total. The van der Waals surface area contributed by atoms with Gasteiger partial charge in [-0.1, -0.05) is 23.7 Å². The fraction of sp³-hybridized carbons (Fsp3) is 0.200. The number of carbonyl (C=O) groups excluding carboxylic acids is 1. The van der Waals surface area contributed by atoms with Crippen LogP contribution in [0.1, 0.15) is 21.7 Å². The van der Waals surface area contributed by atoms with Gasteiger partial charge in [-0.2, -0.15) is 5.26 Å². The lowest BCUT2D eigenvalue weighted by Gasteiger charge is -2.17. The molecule has 2 heterocycles. The summed E-state index contributed by atoms with van der Waals surface area (Å²) in [5.74, 6) is 1.00. The molecule has 1 aromatic carbocycles. The van der Waals surface area contributed by atoms with Gasteiger partial charge in [-0.3, -0.25) is 9.36 Å². The number of amides is 1. The Balaban J connectivity index is 1.74. The van der Waals surface area contributed by atoms with Crippen LogP contribution < -0.4 is 4.74 Å². The first-order chi connectivity index (χ1) is 13.0. The number of para-hydroxylation sites is 1. The third kappa shape index (κ3) is 3.83. The van der Waals surface area contributed by atoms with Gasteiger partial charge in [-0.25, -0.2) is 0 Å². The summed E-state index contributed by atoms with van der Waals surface area (Å²) >= 11 is 6.05. The van der Waals surface area contributed by atoms with Crippen LogP contribution in [0, 0.1) is 18.3 Å². The van der Waals surface area contributed by atoms with Crippen LogP contribution in [-0.4, -0.2) is 35.6 Å². The number of ether oxygens (including phenoxy) is 1. The summed E-state index contributed by atoms with van der Waals surface area (Å²) in [7, 11) is 1.65. The summed E-state index contributed by atoms with van der Waals surface area (Å²) in [6.07, 6.45) is 3.52. The number of aromatic nitrogens is 1. The molecule has 0 atom stereocenters. The van der Waals surface area contributed by atoms with Gasteiger partial charge in [0, 0.05) is 19.4 Å². The summed E-state index contributed by atoms with van der Waals surface area (Å²) < 4.78 is 13.0. The first kappa shape index (κ1) is 18.6. The number of nitriles is 1. The molecule has 138 valence electrons. The Morgan fingerprint density at radius 3 is 2.67 bits per heavy atom. The van der Waals surface area contributed by atoms with Crippen molar-refractivity contribution in [2.24, 2.45) is 0 Å². The monoisotopic (exact) mass is 383 g/mol. The van der Waals surface area contributed by atoms with Crippen LogP contribution in [0.5, 0.6) is 5.75 Å². The van der Waals surface area contributed by atoms with Gasteiger partial charge in [-0.05, 0) is 31.2 Å². The number of benzene rings is 1. The molecule has 0 aliphatic carbocycles. The molecule has 0 spiro atoms. The van der Waals surface area contributed by atoms with E-state index in [-0.39, 0.29) is 23.6 Å². The number of rotatable bonds is 6. The Morgan fingerprint density at radius 1 is 1.30 bits per heavy atom. The topological polar surface area (TPSA) is 71.4 Å². The fourth-order valence-corrected chi connectivity index (χ4v) is 2.88. The molecule has 1 amide bonds. The molecule has 0 unspecified atom stereocenters. The summed E-state index contributed by atoms with van der Waals surface area (Å²) in [4.78, 5) is 14.4. The largest absolute Gasteiger partial charge is 0.490 e. The molecule has 0 saturated heterocycles. The minimum absolute atomic E-state index is 0.215. The second kappa shape index (κ2) is 8.02. The SMILES string of the molecule is Cc1oc(-n2cccc2)c(C#N)c1C(=O)N(C)CCOc1ccccc1Cl. The second-order valence-corrected chi connectivity index (χ2v) is 6.33. The van der Waals surface area contributed by atoms with Crippen LogP contribution in [0.4, 0.5) is 0 Å². The molecule has 6 nitrogen and oxygen atoms in total. The number of halogens is 1. The minimum Gasteiger partial charge on any atom is -0.490 e. The molecule has 0 bridgehead atoms. The van der Waals surface area contributed by atoms with Gasteiger partial charge in [-0.15, -0.1) is 0 Å². The maximum Gasteiger partial charge on any atom is 0.258 e. The maximum absolute atomic E-state index is 12.9. The van der Waals surface area contributed by atoms with Gasteiger partial charge in [0.05, 0.1) is 11.6 Å². The summed E-state index contributed by atoms with van der Waals surface area (Å²) in [6.45, 7) is 2.28. The Kier molecular flexibility index (Phi) is 5.53. The third-order valence-electron chi connectivity index (χ3n) is 4.10. The van der Waals surface area contributed by atoms with Crippen molar-refractivity contribution in [3.63, 3.8) is 0 Å². The molecular formula is C20H18ClN3O3. The molecular weight excluding hydrogens is 366 g/mol. The number of furan rings is 1. The van der Waals surface area contributed by atoms with Crippen molar-refractivity contribution in [1.82, 2.24) is 9.47 Å². The Labute approximate surface area is 162 Å². The van der Waals surface area contributed by atoms with Crippen LogP contribution >= 0.6 is 11.6 Å². The van der Waals surface area contributed by atoms with Gasteiger partial charge < -0.3 is 14.1 Å². The molecule has 0 aliphatic heterocycles. The van der Waals surface area contributed by atoms with Crippen molar-refractivity contribution >= 4 is 17.5 Å². The highest BCUT2D eigenvalue weighted by Crippen LogP contribution is 2.27. The molecule has 0 saturated carbocycles. The van der Waals surface area contributed by atoms with E-state index in [1.807, 2.05) is 24.3 Å². The molecule has 0 radical (unpaired) electrons. The number of carbonyl (C=O) groups is 1. The lowest BCUT2D eigenvalue weighted by molar-refractivity contribution is 0.0772. The van der Waals surface area contributed by atoms with Crippen molar-refractivity contribution in [1.29, 1.82) is 5.26 Å². The van der Waals surface area contributed by atoms with Gasteiger partial charge in [0.25, 0.3) is 5.91 Å². The van der Waals surface area contributed by atoms with Gasteiger partial charge in [0.15, 0.2) is 0 Å². The average Bonchev–Trinajstić information content (AvgIpc) is 3.29. The van der Waals surface area contributed by atoms with Crippen LogP contribution in [0.25, 0.3) is 5.88 Å².